The molecule has 1 aromatic carbocycles. The normalized spacial score (nSPS) is 13.7. The number of nitrogens with zero attached hydrogens (tertiary/aromatic N) is 3. The third kappa shape index (κ3) is 1.73. The van der Waals surface area contributed by atoms with Crippen molar-refractivity contribution in [1.82, 2.24) is 4.98 Å². The Bertz CT molecular complexity index is 618. The molecular formula is C15H16N4. The van der Waals surface area contributed by atoms with Gasteiger partial charge in [0.25, 0.3) is 0 Å². The second-order valence-corrected chi connectivity index (χ2v) is 4.45. The minimum absolute atomic E-state index is 0.857. The number of hydrogen-bond acceptors (Lipinski definition) is 4. The van der Waals surface area contributed by atoms with Gasteiger partial charge in [-0.2, -0.15) is 0 Å². The first-order valence-corrected chi connectivity index (χ1v) is 6.18. The molecular weight excluding hydrogens is 236 g/mol. The molecule has 1 aliphatic rings. The van der Waals surface area contributed by atoms with E-state index in [1.165, 1.54) is 0 Å². The highest BCUT2D eigenvalue weighted by atomic mass is 15.4. The maximum absolute atomic E-state index is 4.36. The molecule has 96 valence electrons. The van der Waals surface area contributed by atoms with Gasteiger partial charge < -0.3 is 10.2 Å². The summed E-state index contributed by atoms with van der Waals surface area (Å²) < 4.78 is 0. The maximum atomic E-state index is 4.36. The van der Waals surface area contributed by atoms with Crippen molar-refractivity contribution in [1.29, 1.82) is 0 Å². The van der Waals surface area contributed by atoms with Crippen molar-refractivity contribution in [2.75, 3.05) is 29.2 Å². The van der Waals surface area contributed by atoms with Crippen molar-refractivity contribution in [3.63, 3.8) is 0 Å². The van der Waals surface area contributed by atoms with Gasteiger partial charge in [0.15, 0.2) is 0 Å². The van der Waals surface area contributed by atoms with Crippen molar-refractivity contribution in [2.45, 2.75) is 0 Å². The first-order chi connectivity index (χ1) is 9.22. The van der Waals surface area contributed by atoms with Gasteiger partial charge >= 0.3 is 0 Å². The highest BCUT2D eigenvalue weighted by Crippen LogP contribution is 2.44. The van der Waals surface area contributed by atoms with E-state index in [9.17, 15) is 0 Å². The molecule has 2 aromatic rings. The minimum Gasteiger partial charge on any atom is -0.373 e. The van der Waals surface area contributed by atoms with E-state index in [4.69, 9.17) is 0 Å². The molecule has 3 rings (SSSR count). The van der Waals surface area contributed by atoms with Crippen LogP contribution in [0.5, 0.6) is 0 Å². The van der Waals surface area contributed by atoms with E-state index in [0.29, 0.717) is 0 Å². The molecule has 0 amide bonds. The molecule has 1 aromatic heterocycles. The van der Waals surface area contributed by atoms with Crippen molar-refractivity contribution in [3.8, 4) is 0 Å². The van der Waals surface area contributed by atoms with Crippen LogP contribution in [-0.4, -0.2) is 19.1 Å². The lowest BCUT2D eigenvalue weighted by molar-refractivity contribution is 1.09. The van der Waals surface area contributed by atoms with E-state index in [2.05, 4.69) is 38.8 Å². The van der Waals surface area contributed by atoms with Crippen LogP contribution in [0.2, 0.25) is 0 Å². The molecule has 2 heterocycles. The summed E-state index contributed by atoms with van der Waals surface area (Å²) in [6.45, 7) is 4.16. The molecule has 0 spiro atoms. The molecule has 0 atom stereocenters. The second-order valence-electron chi connectivity index (χ2n) is 4.45. The van der Waals surface area contributed by atoms with Crippen LogP contribution in [0.25, 0.3) is 0 Å². The second kappa shape index (κ2) is 4.31. The fourth-order valence-electron chi connectivity index (χ4n) is 2.32. The lowest BCUT2D eigenvalue weighted by atomic mass is 10.2. The number of anilines is 4. The summed E-state index contributed by atoms with van der Waals surface area (Å²) in [6, 6.07) is 12.3. The van der Waals surface area contributed by atoms with Crippen LogP contribution in [0.3, 0.4) is 0 Å². The lowest BCUT2D eigenvalue weighted by Gasteiger charge is -2.21. The van der Waals surface area contributed by atoms with E-state index in [-0.39, 0.29) is 0 Å². The van der Waals surface area contributed by atoms with Crippen molar-refractivity contribution >= 4 is 22.9 Å². The fraction of sp³-hybridized carbons (Fsp3) is 0.133. The summed E-state index contributed by atoms with van der Waals surface area (Å²) in [5.41, 5.74) is 3.31. The Balaban J connectivity index is 2.07. The molecule has 0 aliphatic carbocycles. The number of pyridine rings is 1. The van der Waals surface area contributed by atoms with Gasteiger partial charge in [-0.25, -0.2) is 4.98 Å². The number of aromatic nitrogens is 1. The standard InChI is InChI=1S/C15H16N4/c1-11-18(3)13-6-4-5-7-14(13)19(11)12-8-9-15(16-2)17-10-12/h4-10H,1H2,2-3H3,(H,16,17). The number of nitrogens with one attached hydrogen (secondary N) is 1. The van der Waals surface area contributed by atoms with Gasteiger partial charge in [0.2, 0.25) is 0 Å². The van der Waals surface area contributed by atoms with Crippen molar-refractivity contribution in [3.05, 3.63) is 55.0 Å². The quantitative estimate of drug-likeness (QED) is 0.889. The van der Waals surface area contributed by atoms with Gasteiger partial charge in [-0.15, -0.1) is 0 Å². The smallest absolute Gasteiger partial charge is 0.125 e. The number of hydrogen-bond donors (Lipinski definition) is 1. The topological polar surface area (TPSA) is 31.4 Å². The lowest BCUT2D eigenvalue weighted by Crippen LogP contribution is -2.20. The zero-order chi connectivity index (χ0) is 13.4. The predicted molar refractivity (Wildman–Crippen MR) is 79.9 cm³/mol. The molecule has 4 nitrogen and oxygen atoms in total. The Kier molecular flexibility index (Phi) is 2.63. The molecule has 1 N–H and O–H groups in total. The summed E-state index contributed by atoms with van der Waals surface area (Å²) in [4.78, 5) is 8.56. The van der Waals surface area contributed by atoms with Crippen molar-refractivity contribution < 1.29 is 0 Å². The van der Waals surface area contributed by atoms with Crippen LogP contribution in [0, 0.1) is 0 Å². The Labute approximate surface area is 113 Å². The Morgan fingerprint density at radius 2 is 1.84 bits per heavy atom. The first kappa shape index (κ1) is 11.6. The third-order valence-electron chi connectivity index (χ3n) is 3.39. The first-order valence-electron chi connectivity index (χ1n) is 6.18. The predicted octanol–water partition coefficient (Wildman–Crippen LogP) is 3.18. The molecule has 19 heavy (non-hydrogen) atoms. The van der Waals surface area contributed by atoms with Gasteiger partial charge in [-0.1, -0.05) is 18.7 Å². The molecule has 0 fully saturated rings. The molecule has 0 saturated carbocycles. The number of fused-ring (bicyclic) bond motifs is 1. The summed E-state index contributed by atoms with van der Waals surface area (Å²) in [6.07, 6.45) is 1.85. The maximum Gasteiger partial charge on any atom is 0.125 e. The highest BCUT2D eigenvalue weighted by Gasteiger charge is 2.28. The molecule has 4 heteroatoms. The molecule has 0 unspecified atom stereocenters. The summed E-state index contributed by atoms with van der Waals surface area (Å²) in [5.74, 6) is 1.79. The van der Waals surface area contributed by atoms with Crippen molar-refractivity contribution in [2.24, 2.45) is 0 Å². The Morgan fingerprint density at radius 3 is 2.47 bits per heavy atom. The van der Waals surface area contributed by atoms with Crippen LogP contribution >= 0.6 is 0 Å². The minimum atomic E-state index is 0.857. The van der Waals surface area contributed by atoms with E-state index < -0.39 is 0 Å². The average molecular weight is 252 g/mol. The highest BCUT2D eigenvalue weighted by molar-refractivity contribution is 5.87. The molecule has 1 aliphatic heterocycles. The van der Waals surface area contributed by atoms with Gasteiger partial charge in [0, 0.05) is 14.1 Å². The Morgan fingerprint density at radius 1 is 1.11 bits per heavy atom. The van der Waals surface area contributed by atoms with Gasteiger partial charge in [0.1, 0.15) is 11.6 Å². The Hall–Kier alpha value is -2.49. The van der Waals surface area contributed by atoms with Crippen LogP contribution in [0.4, 0.5) is 22.9 Å². The SMILES string of the molecule is C=C1N(C)c2ccccc2N1c1ccc(NC)nc1. The van der Waals surface area contributed by atoms with Crippen LogP contribution in [0.1, 0.15) is 0 Å². The molecule has 0 saturated heterocycles. The van der Waals surface area contributed by atoms with E-state index in [0.717, 1.165) is 28.7 Å². The zero-order valence-electron chi connectivity index (χ0n) is 11.1. The number of para-hydroxylation sites is 2. The summed E-state index contributed by atoms with van der Waals surface area (Å²) >= 11 is 0. The van der Waals surface area contributed by atoms with E-state index in [1.54, 1.807) is 0 Å². The number of rotatable bonds is 2. The van der Waals surface area contributed by atoms with Gasteiger partial charge in [-0.05, 0) is 24.3 Å². The third-order valence-corrected chi connectivity index (χ3v) is 3.39. The molecule has 0 radical (unpaired) electrons. The largest absolute Gasteiger partial charge is 0.373 e. The summed E-state index contributed by atoms with van der Waals surface area (Å²) in [7, 11) is 3.89. The van der Waals surface area contributed by atoms with Gasteiger partial charge in [-0.3, -0.25) is 4.90 Å². The van der Waals surface area contributed by atoms with Crippen LogP contribution in [-0.2, 0) is 0 Å². The van der Waals surface area contributed by atoms with Gasteiger partial charge in [0.05, 0.1) is 23.3 Å². The van der Waals surface area contributed by atoms with E-state index >= 15 is 0 Å². The molecule has 0 bridgehead atoms. The fourth-order valence-corrected chi connectivity index (χ4v) is 2.32. The van der Waals surface area contributed by atoms with E-state index in [1.807, 2.05) is 44.6 Å². The van der Waals surface area contributed by atoms with Crippen LogP contribution in [0.15, 0.2) is 55.0 Å². The summed E-state index contributed by atoms with van der Waals surface area (Å²) in [5, 5.41) is 3.02. The average Bonchev–Trinajstić information content (AvgIpc) is 2.72. The zero-order valence-corrected chi connectivity index (χ0v) is 11.1. The van der Waals surface area contributed by atoms with Crippen LogP contribution < -0.4 is 15.1 Å². The number of benzene rings is 1. The monoisotopic (exact) mass is 252 g/mol.